The fourth-order valence-electron chi connectivity index (χ4n) is 2.39. The molecule has 0 aliphatic carbocycles. The molecule has 0 unspecified atom stereocenters. The predicted molar refractivity (Wildman–Crippen MR) is 84.1 cm³/mol. The number of aryl methyl sites for hydroxylation is 2. The van der Waals surface area contributed by atoms with Crippen LogP contribution >= 0.6 is 0 Å². The maximum Gasteiger partial charge on any atom is 0.162 e. The van der Waals surface area contributed by atoms with Crippen molar-refractivity contribution in [3.8, 4) is 0 Å². The SMILES string of the molecule is CCCc1ccc(C(=O)CCCc2ccccc2)cc1. The van der Waals surface area contributed by atoms with E-state index in [1.807, 2.05) is 30.3 Å². The minimum absolute atomic E-state index is 0.254. The molecule has 0 atom stereocenters. The lowest BCUT2D eigenvalue weighted by atomic mass is 10.0. The highest BCUT2D eigenvalue weighted by Gasteiger charge is 2.05. The fourth-order valence-corrected chi connectivity index (χ4v) is 2.39. The molecule has 0 N–H and O–H groups in total. The number of carbonyl (C=O) groups is 1. The molecule has 0 aliphatic rings. The topological polar surface area (TPSA) is 17.1 Å². The van der Waals surface area contributed by atoms with Crippen LogP contribution in [0.25, 0.3) is 0 Å². The van der Waals surface area contributed by atoms with Gasteiger partial charge in [-0.2, -0.15) is 0 Å². The minimum Gasteiger partial charge on any atom is -0.294 e. The molecule has 0 saturated carbocycles. The Bertz CT molecular complexity index is 525. The molecule has 1 heteroatoms. The first-order valence-electron chi connectivity index (χ1n) is 7.45. The van der Waals surface area contributed by atoms with Gasteiger partial charge in [-0.3, -0.25) is 4.79 Å². The standard InChI is InChI=1S/C19H22O/c1-2-7-16-12-14-18(15-13-16)19(20)11-6-10-17-8-4-3-5-9-17/h3-5,8-9,12-15H,2,6-7,10-11H2,1H3. The molecule has 0 radical (unpaired) electrons. The first-order chi connectivity index (χ1) is 9.79. The Labute approximate surface area is 121 Å². The van der Waals surface area contributed by atoms with E-state index in [1.54, 1.807) is 0 Å². The van der Waals surface area contributed by atoms with Gasteiger partial charge in [-0.1, -0.05) is 67.9 Å². The lowest BCUT2D eigenvalue weighted by Gasteiger charge is -2.04. The zero-order valence-corrected chi connectivity index (χ0v) is 12.1. The lowest BCUT2D eigenvalue weighted by molar-refractivity contribution is 0.0980. The number of hydrogen-bond acceptors (Lipinski definition) is 1. The van der Waals surface area contributed by atoms with Gasteiger partial charge in [0.25, 0.3) is 0 Å². The smallest absolute Gasteiger partial charge is 0.162 e. The molecule has 20 heavy (non-hydrogen) atoms. The number of ketones is 1. The van der Waals surface area contributed by atoms with Crippen LogP contribution in [0.15, 0.2) is 54.6 Å². The van der Waals surface area contributed by atoms with Gasteiger partial charge < -0.3 is 0 Å². The van der Waals surface area contributed by atoms with Crippen LogP contribution in [0.4, 0.5) is 0 Å². The van der Waals surface area contributed by atoms with Crippen LogP contribution < -0.4 is 0 Å². The first kappa shape index (κ1) is 14.5. The molecular formula is C19H22O. The van der Waals surface area contributed by atoms with Gasteiger partial charge in [0.15, 0.2) is 5.78 Å². The Morgan fingerprint density at radius 3 is 2.15 bits per heavy atom. The van der Waals surface area contributed by atoms with Crippen molar-refractivity contribution in [3.63, 3.8) is 0 Å². The third-order valence-corrected chi connectivity index (χ3v) is 3.53. The van der Waals surface area contributed by atoms with E-state index < -0.39 is 0 Å². The molecule has 104 valence electrons. The Morgan fingerprint density at radius 1 is 0.850 bits per heavy atom. The van der Waals surface area contributed by atoms with Crippen molar-refractivity contribution in [1.82, 2.24) is 0 Å². The average molecular weight is 266 g/mol. The van der Waals surface area contributed by atoms with Crippen molar-refractivity contribution < 1.29 is 4.79 Å². The summed E-state index contributed by atoms with van der Waals surface area (Å²) >= 11 is 0. The van der Waals surface area contributed by atoms with Gasteiger partial charge in [0.05, 0.1) is 0 Å². The van der Waals surface area contributed by atoms with Crippen LogP contribution in [0.3, 0.4) is 0 Å². The number of carbonyl (C=O) groups excluding carboxylic acids is 1. The van der Waals surface area contributed by atoms with Crippen LogP contribution in [0.1, 0.15) is 47.7 Å². The largest absolute Gasteiger partial charge is 0.294 e. The van der Waals surface area contributed by atoms with Crippen LogP contribution in [-0.2, 0) is 12.8 Å². The molecule has 0 fully saturated rings. The van der Waals surface area contributed by atoms with E-state index >= 15 is 0 Å². The normalized spacial score (nSPS) is 10.4. The molecule has 0 spiro atoms. The fraction of sp³-hybridized carbons (Fsp3) is 0.316. The third kappa shape index (κ3) is 4.34. The second-order valence-electron chi connectivity index (χ2n) is 5.21. The van der Waals surface area contributed by atoms with Crippen molar-refractivity contribution >= 4 is 5.78 Å². The van der Waals surface area contributed by atoms with E-state index in [1.165, 1.54) is 11.1 Å². The van der Waals surface area contributed by atoms with Crippen molar-refractivity contribution in [2.75, 3.05) is 0 Å². The van der Waals surface area contributed by atoms with Gasteiger partial charge in [0, 0.05) is 12.0 Å². The van der Waals surface area contributed by atoms with E-state index in [2.05, 4.69) is 31.2 Å². The maximum atomic E-state index is 12.1. The molecule has 0 aromatic heterocycles. The predicted octanol–water partition coefficient (Wildman–Crippen LogP) is 4.84. The Morgan fingerprint density at radius 2 is 1.50 bits per heavy atom. The second kappa shape index (κ2) is 7.64. The summed E-state index contributed by atoms with van der Waals surface area (Å²) in [7, 11) is 0. The molecule has 0 bridgehead atoms. The zero-order chi connectivity index (χ0) is 14.2. The molecule has 2 aromatic carbocycles. The third-order valence-electron chi connectivity index (χ3n) is 3.53. The van der Waals surface area contributed by atoms with Gasteiger partial charge in [0.1, 0.15) is 0 Å². The average Bonchev–Trinajstić information content (AvgIpc) is 2.49. The summed E-state index contributed by atoms with van der Waals surface area (Å²) in [6, 6.07) is 18.4. The summed E-state index contributed by atoms with van der Waals surface area (Å²) < 4.78 is 0. The number of Topliss-reactive ketones (excluding diaryl/α,β-unsaturated/α-hetero) is 1. The minimum atomic E-state index is 0.254. The first-order valence-corrected chi connectivity index (χ1v) is 7.45. The monoisotopic (exact) mass is 266 g/mol. The van der Waals surface area contributed by atoms with Crippen molar-refractivity contribution in [1.29, 1.82) is 0 Å². The molecule has 0 saturated heterocycles. The molecule has 0 aliphatic heterocycles. The summed E-state index contributed by atoms with van der Waals surface area (Å²) in [5, 5.41) is 0. The van der Waals surface area contributed by atoms with Gasteiger partial charge in [0.2, 0.25) is 0 Å². The molecule has 2 aromatic rings. The molecular weight excluding hydrogens is 244 g/mol. The maximum absolute atomic E-state index is 12.1. The highest BCUT2D eigenvalue weighted by Crippen LogP contribution is 2.11. The van der Waals surface area contributed by atoms with E-state index in [4.69, 9.17) is 0 Å². The molecule has 1 nitrogen and oxygen atoms in total. The Hall–Kier alpha value is -1.89. The summed E-state index contributed by atoms with van der Waals surface area (Å²) in [5.41, 5.74) is 3.46. The molecule has 0 heterocycles. The number of rotatable bonds is 7. The summed E-state index contributed by atoms with van der Waals surface area (Å²) in [6.07, 6.45) is 4.74. The van der Waals surface area contributed by atoms with Crippen LogP contribution in [-0.4, -0.2) is 5.78 Å². The van der Waals surface area contributed by atoms with E-state index in [-0.39, 0.29) is 5.78 Å². The van der Waals surface area contributed by atoms with Gasteiger partial charge >= 0.3 is 0 Å². The van der Waals surface area contributed by atoms with Crippen LogP contribution in [0, 0.1) is 0 Å². The lowest BCUT2D eigenvalue weighted by Crippen LogP contribution is -2.00. The Kier molecular flexibility index (Phi) is 5.55. The zero-order valence-electron chi connectivity index (χ0n) is 12.1. The van der Waals surface area contributed by atoms with Crippen molar-refractivity contribution in [2.24, 2.45) is 0 Å². The van der Waals surface area contributed by atoms with E-state index in [0.717, 1.165) is 31.2 Å². The highest BCUT2D eigenvalue weighted by molar-refractivity contribution is 5.96. The van der Waals surface area contributed by atoms with Crippen LogP contribution in [0.2, 0.25) is 0 Å². The quantitative estimate of drug-likeness (QED) is 0.655. The van der Waals surface area contributed by atoms with Crippen molar-refractivity contribution in [2.45, 2.75) is 39.0 Å². The van der Waals surface area contributed by atoms with Gasteiger partial charge in [-0.05, 0) is 30.4 Å². The number of benzene rings is 2. The van der Waals surface area contributed by atoms with Gasteiger partial charge in [-0.25, -0.2) is 0 Å². The molecule has 2 rings (SSSR count). The second-order valence-corrected chi connectivity index (χ2v) is 5.21. The van der Waals surface area contributed by atoms with E-state index in [9.17, 15) is 4.79 Å². The summed E-state index contributed by atoms with van der Waals surface area (Å²) in [5.74, 6) is 0.254. The van der Waals surface area contributed by atoms with Gasteiger partial charge in [-0.15, -0.1) is 0 Å². The van der Waals surface area contributed by atoms with E-state index in [0.29, 0.717) is 6.42 Å². The Balaban J connectivity index is 1.82. The molecule has 0 amide bonds. The number of hydrogen-bond donors (Lipinski definition) is 0. The van der Waals surface area contributed by atoms with Crippen molar-refractivity contribution in [3.05, 3.63) is 71.3 Å². The summed E-state index contributed by atoms with van der Waals surface area (Å²) in [4.78, 5) is 12.1. The summed E-state index contributed by atoms with van der Waals surface area (Å²) in [6.45, 7) is 2.17. The highest BCUT2D eigenvalue weighted by atomic mass is 16.1. The van der Waals surface area contributed by atoms with Crippen LogP contribution in [0.5, 0.6) is 0 Å².